The zero-order valence-electron chi connectivity index (χ0n) is 16.9. The Morgan fingerprint density at radius 1 is 1.17 bits per heavy atom. The topological polar surface area (TPSA) is 66.7 Å². The lowest BCUT2D eigenvalue weighted by molar-refractivity contribution is 0.0935. The van der Waals surface area contributed by atoms with E-state index in [-0.39, 0.29) is 23.7 Å². The number of nitrogens with one attached hydrogen (secondary N) is 1. The molecular formula is C23H26N4O2. The minimum atomic E-state index is -0.223. The van der Waals surface area contributed by atoms with Crippen LogP contribution >= 0.6 is 0 Å². The summed E-state index contributed by atoms with van der Waals surface area (Å²) < 4.78 is 1.71. The zero-order valence-corrected chi connectivity index (χ0v) is 16.9. The summed E-state index contributed by atoms with van der Waals surface area (Å²) in [7, 11) is 0. The fraction of sp³-hybridized carbons (Fsp3) is 0.348. The van der Waals surface area contributed by atoms with Gasteiger partial charge in [0.2, 0.25) is 5.82 Å². The van der Waals surface area contributed by atoms with Crippen LogP contribution < -0.4 is 10.2 Å². The summed E-state index contributed by atoms with van der Waals surface area (Å²) >= 11 is 0. The van der Waals surface area contributed by atoms with Crippen molar-refractivity contribution in [2.45, 2.75) is 45.6 Å². The van der Waals surface area contributed by atoms with E-state index in [9.17, 15) is 9.59 Å². The van der Waals surface area contributed by atoms with Gasteiger partial charge in [0.25, 0.3) is 11.8 Å². The zero-order chi connectivity index (χ0) is 20.4. The number of carbonyl (C=O) groups excluding carboxylic acids is 2. The summed E-state index contributed by atoms with van der Waals surface area (Å²) in [5.41, 5.74) is 2.85. The van der Waals surface area contributed by atoms with E-state index < -0.39 is 0 Å². The summed E-state index contributed by atoms with van der Waals surface area (Å²) in [5, 5.41) is 3.08. The number of aryl methyl sites for hydroxylation is 1. The molecule has 0 radical (unpaired) electrons. The van der Waals surface area contributed by atoms with Crippen molar-refractivity contribution in [2.75, 3.05) is 11.4 Å². The van der Waals surface area contributed by atoms with E-state index in [0.29, 0.717) is 17.8 Å². The van der Waals surface area contributed by atoms with Crippen LogP contribution in [0.5, 0.6) is 0 Å². The molecule has 0 atom stereocenters. The van der Waals surface area contributed by atoms with Crippen molar-refractivity contribution >= 4 is 23.0 Å². The van der Waals surface area contributed by atoms with Crippen molar-refractivity contribution in [3.8, 4) is 0 Å². The molecule has 1 saturated carbocycles. The smallest absolute Gasteiger partial charge is 0.294 e. The molecular weight excluding hydrogens is 364 g/mol. The molecule has 0 saturated heterocycles. The second-order valence-electron chi connectivity index (χ2n) is 7.58. The number of anilines is 1. The van der Waals surface area contributed by atoms with Gasteiger partial charge in [-0.05, 0) is 56.5 Å². The lowest BCUT2D eigenvalue weighted by Crippen LogP contribution is -2.33. The summed E-state index contributed by atoms with van der Waals surface area (Å²) in [5.74, 6) is -0.182. The van der Waals surface area contributed by atoms with Crippen LogP contribution in [0.1, 0.15) is 59.3 Å². The second-order valence-corrected chi connectivity index (χ2v) is 7.58. The van der Waals surface area contributed by atoms with E-state index >= 15 is 0 Å². The van der Waals surface area contributed by atoms with Crippen molar-refractivity contribution in [2.24, 2.45) is 0 Å². The monoisotopic (exact) mass is 390 g/mol. The first-order chi connectivity index (χ1) is 14.1. The normalized spacial score (nSPS) is 14.3. The predicted molar refractivity (Wildman–Crippen MR) is 113 cm³/mol. The van der Waals surface area contributed by atoms with E-state index in [1.807, 2.05) is 56.3 Å². The molecule has 2 aromatic heterocycles. The quantitative estimate of drug-likeness (QED) is 0.716. The average molecular weight is 390 g/mol. The Kier molecular flexibility index (Phi) is 5.34. The van der Waals surface area contributed by atoms with Crippen LogP contribution in [0.3, 0.4) is 0 Å². The number of imidazole rings is 1. The first-order valence-corrected chi connectivity index (χ1v) is 10.2. The van der Waals surface area contributed by atoms with Crippen molar-refractivity contribution in [1.82, 2.24) is 14.7 Å². The molecule has 0 bridgehead atoms. The molecule has 1 aliphatic rings. The Balaban J connectivity index is 1.71. The number of hydrogen-bond acceptors (Lipinski definition) is 3. The van der Waals surface area contributed by atoms with Gasteiger partial charge in [0.15, 0.2) is 5.69 Å². The molecule has 3 aromatic rings. The SMILES string of the molecule is CCN(C(=O)c1nc(C(=O)NC2CCCC2)c2ccccn12)c1cccc(C)c1. The minimum absolute atomic E-state index is 0.196. The van der Waals surface area contributed by atoms with Gasteiger partial charge in [0.1, 0.15) is 0 Å². The standard InChI is InChI=1S/C23H26N4O2/c1-3-26(18-12-8-9-16(2)15-18)23(29)21-25-20(19-13-6-7-14-27(19)21)22(28)24-17-10-4-5-11-17/h6-9,12-15,17H,3-5,10-11H2,1-2H3,(H,24,28). The summed E-state index contributed by atoms with van der Waals surface area (Å²) in [6.45, 7) is 4.44. The Bertz CT molecular complexity index is 1050. The van der Waals surface area contributed by atoms with E-state index in [1.165, 1.54) is 0 Å². The first kappa shape index (κ1) is 19.2. The largest absolute Gasteiger partial charge is 0.348 e. The molecule has 4 rings (SSSR count). The maximum absolute atomic E-state index is 13.4. The van der Waals surface area contributed by atoms with Crippen molar-refractivity contribution in [3.63, 3.8) is 0 Å². The number of rotatable bonds is 5. The van der Waals surface area contributed by atoms with Crippen LogP contribution in [0, 0.1) is 6.92 Å². The molecule has 1 aliphatic carbocycles. The Morgan fingerprint density at radius 3 is 2.69 bits per heavy atom. The number of aromatic nitrogens is 2. The van der Waals surface area contributed by atoms with Gasteiger partial charge in [-0.3, -0.25) is 14.0 Å². The lowest BCUT2D eigenvalue weighted by Gasteiger charge is -2.20. The third-order valence-electron chi connectivity index (χ3n) is 5.52. The van der Waals surface area contributed by atoms with Gasteiger partial charge in [-0.15, -0.1) is 0 Å². The molecule has 29 heavy (non-hydrogen) atoms. The molecule has 150 valence electrons. The molecule has 2 amide bonds. The molecule has 0 unspecified atom stereocenters. The Hall–Kier alpha value is -3.15. The maximum Gasteiger partial charge on any atom is 0.294 e. The molecule has 6 nitrogen and oxygen atoms in total. The highest BCUT2D eigenvalue weighted by molar-refractivity contribution is 6.07. The fourth-order valence-corrected chi connectivity index (χ4v) is 4.04. The van der Waals surface area contributed by atoms with Gasteiger partial charge in [-0.25, -0.2) is 4.98 Å². The minimum Gasteiger partial charge on any atom is -0.348 e. The van der Waals surface area contributed by atoms with Gasteiger partial charge in [0.05, 0.1) is 5.52 Å². The average Bonchev–Trinajstić information content (AvgIpc) is 3.36. The van der Waals surface area contributed by atoms with Crippen LogP contribution in [-0.4, -0.2) is 33.8 Å². The van der Waals surface area contributed by atoms with Gasteiger partial charge >= 0.3 is 0 Å². The highest BCUT2D eigenvalue weighted by atomic mass is 16.2. The van der Waals surface area contributed by atoms with E-state index in [1.54, 1.807) is 15.5 Å². The number of hydrogen-bond donors (Lipinski definition) is 1. The number of amides is 2. The third kappa shape index (κ3) is 3.75. The Morgan fingerprint density at radius 2 is 1.97 bits per heavy atom. The fourth-order valence-electron chi connectivity index (χ4n) is 4.04. The van der Waals surface area contributed by atoms with Crippen molar-refractivity contribution in [3.05, 3.63) is 65.7 Å². The van der Waals surface area contributed by atoms with Crippen LogP contribution in [0.4, 0.5) is 5.69 Å². The van der Waals surface area contributed by atoms with E-state index in [0.717, 1.165) is 36.9 Å². The molecule has 1 fully saturated rings. The highest BCUT2D eigenvalue weighted by Gasteiger charge is 2.27. The molecule has 1 aromatic carbocycles. The third-order valence-corrected chi connectivity index (χ3v) is 5.52. The Labute approximate surface area is 170 Å². The van der Waals surface area contributed by atoms with Crippen LogP contribution in [0.25, 0.3) is 5.52 Å². The number of benzene rings is 1. The van der Waals surface area contributed by atoms with Crippen LogP contribution in [0.15, 0.2) is 48.7 Å². The highest BCUT2D eigenvalue weighted by Crippen LogP contribution is 2.22. The van der Waals surface area contributed by atoms with Gasteiger partial charge in [-0.1, -0.05) is 31.0 Å². The van der Waals surface area contributed by atoms with Crippen LogP contribution in [-0.2, 0) is 0 Å². The van der Waals surface area contributed by atoms with E-state index in [4.69, 9.17) is 0 Å². The van der Waals surface area contributed by atoms with Crippen molar-refractivity contribution in [1.29, 1.82) is 0 Å². The lowest BCUT2D eigenvalue weighted by atomic mass is 10.2. The van der Waals surface area contributed by atoms with Crippen LogP contribution in [0.2, 0.25) is 0 Å². The summed E-state index contributed by atoms with van der Waals surface area (Å²) in [6.07, 6.45) is 6.06. The predicted octanol–water partition coefficient (Wildman–Crippen LogP) is 3.98. The van der Waals surface area contributed by atoms with Gasteiger partial charge < -0.3 is 10.2 Å². The molecule has 6 heteroatoms. The first-order valence-electron chi connectivity index (χ1n) is 10.2. The maximum atomic E-state index is 13.4. The molecule has 1 N–H and O–H groups in total. The second kappa shape index (κ2) is 8.07. The van der Waals surface area contributed by atoms with Gasteiger partial charge in [-0.2, -0.15) is 0 Å². The number of fused-ring (bicyclic) bond motifs is 1. The molecule has 0 aliphatic heterocycles. The van der Waals surface area contributed by atoms with Gasteiger partial charge in [0, 0.05) is 24.5 Å². The number of carbonyl (C=O) groups is 2. The van der Waals surface area contributed by atoms with E-state index in [2.05, 4.69) is 10.3 Å². The summed E-state index contributed by atoms with van der Waals surface area (Å²) in [6, 6.07) is 13.5. The molecule has 0 spiro atoms. The number of pyridine rings is 1. The number of nitrogens with zero attached hydrogens (tertiary/aromatic N) is 3. The van der Waals surface area contributed by atoms with Crippen molar-refractivity contribution < 1.29 is 9.59 Å². The molecule has 2 heterocycles. The summed E-state index contributed by atoms with van der Waals surface area (Å²) in [4.78, 5) is 32.5.